The number of methoxy groups -OCH3 is 1. The zero-order chi connectivity index (χ0) is 18.1. The molecule has 0 unspecified atom stereocenters. The van der Waals surface area contributed by atoms with Crippen LogP contribution in [0.25, 0.3) is 0 Å². The van der Waals surface area contributed by atoms with Crippen molar-refractivity contribution in [2.45, 2.75) is 18.7 Å². The van der Waals surface area contributed by atoms with Gasteiger partial charge in [0.1, 0.15) is 0 Å². The fraction of sp³-hybridized carbons (Fsp3) is 0.222. The summed E-state index contributed by atoms with van der Waals surface area (Å²) in [5.41, 5.74) is 7.68. The zero-order valence-electron chi connectivity index (χ0n) is 14.1. The van der Waals surface area contributed by atoms with E-state index in [1.165, 1.54) is 19.1 Å². The number of carbonyl (C=O) groups is 2. The SMILES string of the molecule is COC(=O)c1ccccc1CNNC(=O)NS[C@H](C)c1ccccc1. The van der Waals surface area contributed by atoms with Gasteiger partial charge in [0.05, 0.1) is 12.7 Å². The average molecular weight is 359 g/mol. The lowest BCUT2D eigenvalue weighted by molar-refractivity contribution is 0.0599. The number of rotatable bonds is 7. The third-order valence-corrected chi connectivity index (χ3v) is 4.43. The van der Waals surface area contributed by atoms with Crippen LogP contribution >= 0.6 is 11.9 Å². The minimum Gasteiger partial charge on any atom is -0.465 e. The molecule has 0 fully saturated rings. The molecule has 132 valence electrons. The molecule has 7 heteroatoms. The Labute approximate surface area is 151 Å². The van der Waals surface area contributed by atoms with Crippen LogP contribution in [0.3, 0.4) is 0 Å². The van der Waals surface area contributed by atoms with E-state index in [9.17, 15) is 9.59 Å². The van der Waals surface area contributed by atoms with Crippen LogP contribution in [0, 0.1) is 0 Å². The second kappa shape index (κ2) is 9.71. The molecule has 0 saturated carbocycles. The van der Waals surface area contributed by atoms with Crippen LogP contribution in [0.1, 0.15) is 33.7 Å². The predicted molar refractivity (Wildman–Crippen MR) is 98.7 cm³/mol. The number of amides is 2. The van der Waals surface area contributed by atoms with Gasteiger partial charge in [-0.1, -0.05) is 48.5 Å². The van der Waals surface area contributed by atoms with Crippen molar-refractivity contribution >= 4 is 23.9 Å². The van der Waals surface area contributed by atoms with E-state index < -0.39 is 5.97 Å². The Balaban J connectivity index is 1.77. The van der Waals surface area contributed by atoms with Crippen LogP contribution in [0.2, 0.25) is 0 Å². The Morgan fingerprint density at radius 1 is 1.08 bits per heavy atom. The number of benzene rings is 2. The summed E-state index contributed by atoms with van der Waals surface area (Å²) < 4.78 is 7.47. The van der Waals surface area contributed by atoms with Crippen molar-refractivity contribution in [3.8, 4) is 0 Å². The van der Waals surface area contributed by atoms with Gasteiger partial charge in [0.15, 0.2) is 0 Å². The van der Waals surface area contributed by atoms with Gasteiger partial charge in [0, 0.05) is 11.8 Å². The first-order valence-corrected chi connectivity index (χ1v) is 8.65. The highest BCUT2D eigenvalue weighted by Crippen LogP contribution is 2.24. The van der Waals surface area contributed by atoms with Crippen LogP contribution in [-0.4, -0.2) is 19.1 Å². The summed E-state index contributed by atoms with van der Waals surface area (Å²) in [6, 6.07) is 16.6. The average Bonchev–Trinajstić information content (AvgIpc) is 2.66. The molecule has 0 aliphatic heterocycles. The van der Waals surface area contributed by atoms with E-state index in [0.717, 1.165) is 11.1 Å². The number of nitrogens with one attached hydrogen (secondary N) is 3. The van der Waals surface area contributed by atoms with Crippen molar-refractivity contribution in [1.82, 2.24) is 15.6 Å². The van der Waals surface area contributed by atoms with Crippen molar-refractivity contribution in [2.24, 2.45) is 0 Å². The summed E-state index contributed by atoms with van der Waals surface area (Å²) in [4.78, 5) is 23.5. The minimum absolute atomic E-state index is 0.131. The molecule has 25 heavy (non-hydrogen) atoms. The van der Waals surface area contributed by atoms with E-state index in [4.69, 9.17) is 4.74 Å². The van der Waals surface area contributed by atoms with Gasteiger partial charge >= 0.3 is 12.0 Å². The van der Waals surface area contributed by atoms with Gasteiger partial charge in [-0.05, 0) is 36.1 Å². The summed E-state index contributed by atoms with van der Waals surface area (Å²) in [5, 5.41) is 0.131. The highest BCUT2D eigenvalue weighted by molar-refractivity contribution is 7.98. The molecular formula is C18H21N3O3S. The quantitative estimate of drug-likeness (QED) is 0.402. The normalized spacial score (nSPS) is 11.4. The number of carbonyl (C=O) groups excluding carboxylic acids is 2. The lowest BCUT2D eigenvalue weighted by Gasteiger charge is -2.13. The second-order valence-corrected chi connectivity index (χ2v) is 6.38. The van der Waals surface area contributed by atoms with Gasteiger partial charge in [0.2, 0.25) is 0 Å². The van der Waals surface area contributed by atoms with Crippen LogP contribution in [-0.2, 0) is 11.3 Å². The molecule has 6 nitrogen and oxygen atoms in total. The molecule has 3 N–H and O–H groups in total. The number of hydrogen-bond donors (Lipinski definition) is 3. The first-order chi connectivity index (χ1) is 12.1. The smallest absolute Gasteiger partial charge is 0.339 e. The van der Waals surface area contributed by atoms with Gasteiger partial charge in [-0.15, -0.1) is 0 Å². The Hall–Kier alpha value is -2.51. The van der Waals surface area contributed by atoms with Gasteiger partial charge in [-0.2, -0.15) is 0 Å². The molecular weight excluding hydrogens is 338 g/mol. The monoisotopic (exact) mass is 359 g/mol. The fourth-order valence-electron chi connectivity index (χ4n) is 2.16. The molecule has 2 aromatic carbocycles. The molecule has 1 atom stereocenters. The lowest BCUT2D eigenvalue weighted by Crippen LogP contribution is -2.41. The van der Waals surface area contributed by atoms with E-state index in [1.807, 2.05) is 43.3 Å². The molecule has 0 saturated heterocycles. The zero-order valence-corrected chi connectivity index (χ0v) is 14.9. The van der Waals surface area contributed by atoms with Crippen LogP contribution in [0.15, 0.2) is 54.6 Å². The van der Waals surface area contributed by atoms with E-state index in [2.05, 4.69) is 15.6 Å². The molecule has 0 aliphatic carbocycles. The third kappa shape index (κ3) is 5.81. The van der Waals surface area contributed by atoms with Crippen LogP contribution in [0.4, 0.5) is 4.79 Å². The summed E-state index contributed by atoms with van der Waals surface area (Å²) in [7, 11) is 1.34. The molecule has 0 radical (unpaired) electrons. The van der Waals surface area contributed by atoms with Crippen LogP contribution in [0.5, 0.6) is 0 Å². The predicted octanol–water partition coefficient (Wildman–Crippen LogP) is 3.19. The number of hydrogen-bond acceptors (Lipinski definition) is 5. The molecule has 0 bridgehead atoms. The molecule has 0 aliphatic rings. The number of esters is 1. The maximum atomic E-state index is 11.8. The van der Waals surface area contributed by atoms with Gasteiger partial charge in [0.25, 0.3) is 0 Å². The van der Waals surface area contributed by atoms with E-state index in [-0.39, 0.29) is 11.3 Å². The van der Waals surface area contributed by atoms with Crippen molar-refractivity contribution in [3.63, 3.8) is 0 Å². The summed E-state index contributed by atoms with van der Waals surface area (Å²) >= 11 is 1.32. The highest BCUT2D eigenvalue weighted by atomic mass is 32.2. The minimum atomic E-state index is -0.408. The van der Waals surface area contributed by atoms with E-state index >= 15 is 0 Å². The first kappa shape index (κ1) is 18.8. The molecule has 2 rings (SSSR count). The fourth-order valence-corrected chi connectivity index (χ4v) is 2.79. The molecule has 0 spiro atoms. The van der Waals surface area contributed by atoms with E-state index in [1.54, 1.807) is 18.2 Å². The maximum absolute atomic E-state index is 11.8. The van der Waals surface area contributed by atoms with Gasteiger partial charge in [-0.3, -0.25) is 10.1 Å². The van der Waals surface area contributed by atoms with Crippen molar-refractivity contribution in [2.75, 3.05) is 7.11 Å². The largest absolute Gasteiger partial charge is 0.465 e. The first-order valence-electron chi connectivity index (χ1n) is 7.77. The van der Waals surface area contributed by atoms with Crippen LogP contribution < -0.4 is 15.6 Å². The number of urea groups is 1. The third-order valence-electron chi connectivity index (χ3n) is 3.50. The summed E-state index contributed by atoms with van der Waals surface area (Å²) in [5.74, 6) is -0.408. The van der Waals surface area contributed by atoms with Crippen molar-refractivity contribution in [1.29, 1.82) is 0 Å². The Bertz CT molecular complexity index is 710. The van der Waals surface area contributed by atoms with Gasteiger partial charge in [-0.25, -0.2) is 15.0 Å². The molecule has 0 aromatic heterocycles. The second-order valence-electron chi connectivity index (χ2n) is 5.23. The lowest BCUT2D eigenvalue weighted by atomic mass is 10.1. The number of ether oxygens (including phenoxy) is 1. The Kier molecular flexibility index (Phi) is 7.31. The van der Waals surface area contributed by atoms with Gasteiger partial charge < -0.3 is 4.74 Å². The highest BCUT2D eigenvalue weighted by Gasteiger charge is 2.11. The van der Waals surface area contributed by atoms with E-state index in [0.29, 0.717) is 12.1 Å². The Morgan fingerprint density at radius 2 is 1.76 bits per heavy atom. The summed E-state index contributed by atoms with van der Waals surface area (Å²) in [6.45, 7) is 2.32. The number of hydrazine groups is 1. The molecule has 0 heterocycles. The Morgan fingerprint density at radius 3 is 2.48 bits per heavy atom. The van der Waals surface area contributed by atoms with Crippen molar-refractivity contribution < 1.29 is 14.3 Å². The topological polar surface area (TPSA) is 79.5 Å². The maximum Gasteiger partial charge on any atom is 0.339 e. The molecule has 2 amide bonds. The molecule has 2 aromatic rings. The summed E-state index contributed by atoms with van der Waals surface area (Å²) in [6.07, 6.45) is 0. The van der Waals surface area contributed by atoms with Crippen molar-refractivity contribution in [3.05, 3.63) is 71.3 Å². The standard InChI is InChI=1S/C18H21N3O3S/c1-13(14-8-4-3-5-9-14)25-21-18(23)20-19-12-15-10-6-7-11-16(15)17(22)24-2/h3-11,13,19H,12H2,1-2H3,(H2,20,21,23)/t13-/m1/s1.